The van der Waals surface area contributed by atoms with Crippen molar-refractivity contribution in [3.8, 4) is 0 Å². The summed E-state index contributed by atoms with van der Waals surface area (Å²) >= 11 is 0. The van der Waals surface area contributed by atoms with E-state index in [-0.39, 0.29) is 28.8 Å². The smallest absolute Gasteiger partial charge is 0.295 e. The number of hydrogen-bond acceptors (Lipinski definition) is 6. The molecule has 8 nitrogen and oxygen atoms in total. The van der Waals surface area contributed by atoms with Gasteiger partial charge in [-0.1, -0.05) is 6.92 Å². The Morgan fingerprint density at radius 1 is 1.44 bits per heavy atom. The van der Waals surface area contributed by atoms with Gasteiger partial charge in [-0.05, 0) is 50.2 Å². The zero-order valence-corrected chi connectivity index (χ0v) is 15.7. The Morgan fingerprint density at radius 3 is 2.85 bits per heavy atom. The highest BCUT2D eigenvalue weighted by molar-refractivity contribution is 5.87. The lowest BCUT2D eigenvalue weighted by Crippen LogP contribution is -2.40. The SMILES string of the molecule is CCC(Cn1c(=O)c(NNC(=O)C2(C3CC3)CC2)nc2ncccc21)OC. The summed E-state index contributed by atoms with van der Waals surface area (Å²) < 4.78 is 7.05. The number of rotatable bonds is 8. The summed E-state index contributed by atoms with van der Waals surface area (Å²) in [4.78, 5) is 34.1. The molecule has 0 aliphatic heterocycles. The number of amides is 1. The van der Waals surface area contributed by atoms with Crippen molar-refractivity contribution in [1.82, 2.24) is 20.0 Å². The van der Waals surface area contributed by atoms with Crippen LogP contribution in [0.2, 0.25) is 0 Å². The van der Waals surface area contributed by atoms with E-state index < -0.39 is 0 Å². The lowest BCUT2D eigenvalue weighted by atomic mass is 10.0. The minimum Gasteiger partial charge on any atom is -0.380 e. The van der Waals surface area contributed by atoms with Crippen LogP contribution in [0, 0.1) is 11.3 Å². The fraction of sp³-hybridized carbons (Fsp3) is 0.579. The van der Waals surface area contributed by atoms with E-state index in [1.165, 1.54) is 0 Å². The molecule has 1 amide bonds. The standard InChI is InChI=1S/C19H25N5O3/c1-3-13(27-2)11-24-14-5-4-10-20-15(14)21-16(17(24)25)22-23-18(26)19(8-9-19)12-6-7-12/h4-5,10,12-13H,3,6-9,11H2,1-2H3,(H,23,26)(H,20,21,22). The molecular formula is C19H25N5O3. The first-order valence-electron chi connectivity index (χ1n) is 9.54. The molecule has 2 aliphatic carbocycles. The zero-order valence-electron chi connectivity index (χ0n) is 15.7. The number of fused-ring (bicyclic) bond motifs is 1. The molecule has 0 aromatic carbocycles. The molecule has 0 bridgehead atoms. The van der Waals surface area contributed by atoms with E-state index in [2.05, 4.69) is 20.8 Å². The number of hydrazine groups is 1. The molecule has 2 aromatic rings. The fourth-order valence-corrected chi connectivity index (χ4v) is 3.74. The molecule has 2 heterocycles. The second-order valence-corrected chi connectivity index (χ2v) is 7.50. The van der Waals surface area contributed by atoms with E-state index in [1.54, 1.807) is 23.9 Å². The topological polar surface area (TPSA) is 98.1 Å². The molecule has 2 N–H and O–H groups in total. The number of pyridine rings is 1. The van der Waals surface area contributed by atoms with Crippen LogP contribution < -0.4 is 16.4 Å². The number of ether oxygens (including phenoxy) is 1. The number of anilines is 1. The van der Waals surface area contributed by atoms with E-state index in [9.17, 15) is 9.59 Å². The molecular weight excluding hydrogens is 346 g/mol. The van der Waals surface area contributed by atoms with Crippen molar-refractivity contribution in [3.63, 3.8) is 0 Å². The molecule has 144 valence electrons. The Hall–Kier alpha value is -2.48. The lowest BCUT2D eigenvalue weighted by molar-refractivity contribution is -0.126. The molecule has 2 fully saturated rings. The van der Waals surface area contributed by atoms with Gasteiger partial charge < -0.3 is 4.74 Å². The van der Waals surface area contributed by atoms with Gasteiger partial charge in [-0.3, -0.25) is 25.0 Å². The highest BCUT2D eigenvalue weighted by atomic mass is 16.5. The summed E-state index contributed by atoms with van der Waals surface area (Å²) in [6.07, 6.45) is 6.40. The Kier molecular flexibility index (Phi) is 4.59. The quantitative estimate of drug-likeness (QED) is 0.687. The Balaban J connectivity index is 1.61. The Bertz CT molecular complexity index is 913. The molecule has 1 atom stereocenters. The molecule has 27 heavy (non-hydrogen) atoms. The van der Waals surface area contributed by atoms with Gasteiger partial charge >= 0.3 is 0 Å². The average Bonchev–Trinajstić information content (AvgIpc) is 3.57. The Labute approximate surface area is 157 Å². The number of nitrogens with one attached hydrogen (secondary N) is 2. The normalized spacial score (nSPS) is 18.9. The summed E-state index contributed by atoms with van der Waals surface area (Å²) in [5, 5.41) is 0. The zero-order chi connectivity index (χ0) is 19.0. The summed E-state index contributed by atoms with van der Waals surface area (Å²) in [7, 11) is 1.63. The molecule has 0 saturated heterocycles. The van der Waals surface area contributed by atoms with Crippen molar-refractivity contribution in [3.05, 3.63) is 28.7 Å². The second kappa shape index (κ2) is 6.92. The minimum atomic E-state index is -0.303. The van der Waals surface area contributed by atoms with Crippen LogP contribution in [0.25, 0.3) is 11.2 Å². The molecule has 0 spiro atoms. The van der Waals surface area contributed by atoms with Gasteiger partial charge in [0.2, 0.25) is 11.7 Å². The van der Waals surface area contributed by atoms with Gasteiger partial charge in [-0.25, -0.2) is 9.97 Å². The minimum absolute atomic E-state index is 0.0396. The largest absolute Gasteiger partial charge is 0.380 e. The van der Waals surface area contributed by atoms with Crippen LogP contribution in [0.15, 0.2) is 23.1 Å². The van der Waals surface area contributed by atoms with E-state index in [4.69, 9.17) is 4.74 Å². The molecule has 2 aliphatic rings. The van der Waals surface area contributed by atoms with Crippen LogP contribution in [-0.4, -0.2) is 33.7 Å². The van der Waals surface area contributed by atoms with Gasteiger partial charge in [0.25, 0.3) is 5.56 Å². The molecule has 1 unspecified atom stereocenters. The second-order valence-electron chi connectivity index (χ2n) is 7.50. The van der Waals surface area contributed by atoms with Crippen LogP contribution in [0.3, 0.4) is 0 Å². The molecule has 2 saturated carbocycles. The van der Waals surface area contributed by atoms with Crippen molar-refractivity contribution in [1.29, 1.82) is 0 Å². The maximum Gasteiger partial charge on any atom is 0.295 e. The summed E-state index contributed by atoms with van der Waals surface area (Å²) in [6.45, 7) is 2.40. The maximum atomic E-state index is 13.0. The predicted octanol–water partition coefficient (Wildman–Crippen LogP) is 1.85. The van der Waals surface area contributed by atoms with E-state index >= 15 is 0 Å². The van der Waals surface area contributed by atoms with Gasteiger partial charge in [-0.2, -0.15) is 0 Å². The van der Waals surface area contributed by atoms with Crippen LogP contribution in [0.1, 0.15) is 39.0 Å². The van der Waals surface area contributed by atoms with Crippen LogP contribution >= 0.6 is 0 Å². The molecule has 2 aromatic heterocycles. The monoisotopic (exact) mass is 371 g/mol. The number of carbonyl (C=O) groups is 1. The van der Waals surface area contributed by atoms with Crippen molar-refractivity contribution < 1.29 is 9.53 Å². The van der Waals surface area contributed by atoms with Crippen molar-refractivity contribution in [2.24, 2.45) is 11.3 Å². The summed E-state index contributed by atoms with van der Waals surface area (Å²) in [5.41, 5.74) is 6.03. The van der Waals surface area contributed by atoms with Gasteiger partial charge in [0.15, 0.2) is 5.65 Å². The van der Waals surface area contributed by atoms with Crippen molar-refractivity contribution >= 4 is 22.9 Å². The van der Waals surface area contributed by atoms with Crippen LogP contribution in [0.4, 0.5) is 5.82 Å². The average molecular weight is 371 g/mol. The van der Waals surface area contributed by atoms with E-state index in [0.29, 0.717) is 23.6 Å². The number of hydrogen-bond donors (Lipinski definition) is 2. The maximum absolute atomic E-state index is 13.0. The van der Waals surface area contributed by atoms with E-state index in [0.717, 1.165) is 32.1 Å². The predicted molar refractivity (Wildman–Crippen MR) is 101 cm³/mol. The first kappa shape index (κ1) is 17.9. The summed E-state index contributed by atoms with van der Waals surface area (Å²) in [6, 6.07) is 3.59. The van der Waals surface area contributed by atoms with Gasteiger partial charge in [0, 0.05) is 13.3 Å². The van der Waals surface area contributed by atoms with E-state index in [1.807, 2.05) is 13.0 Å². The highest BCUT2D eigenvalue weighted by Crippen LogP contribution is 2.61. The van der Waals surface area contributed by atoms with Crippen molar-refractivity contribution in [2.75, 3.05) is 12.5 Å². The fourth-order valence-electron chi connectivity index (χ4n) is 3.74. The third-order valence-corrected chi connectivity index (χ3v) is 5.79. The number of aromatic nitrogens is 3. The first-order valence-corrected chi connectivity index (χ1v) is 9.54. The molecule has 4 rings (SSSR count). The Morgan fingerprint density at radius 2 is 2.22 bits per heavy atom. The lowest BCUT2D eigenvalue weighted by Gasteiger charge is -2.18. The number of methoxy groups -OCH3 is 1. The molecule has 0 radical (unpaired) electrons. The summed E-state index contributed by atoms with van der Waals surface area (Å²) in [5.74, 6) is 0.531. The third kappa shape index (κ3) is 3.29. The van der Waals surface area contributed by atoms with Crippen LogP contribution in [0.5, 0.6) is 0 Å². The van der Waals surface area contributed by atoms with Crippen LogP contribution in [-0.2, 0) is 16.1 Å². The first-order chi connectivity index (χ1) is 13.1. The third-order valence-electron chi connectivity index (χ3n) is 5.79. The number of carbonyl (C=O) groups excluding carboxylic acids is 1. The van der Waals surface area contributed by atoms with Gasteiger partial charge in [0.05, 0.1) is 23.6 Å². The van der Waals surface area contributed by atoms with Crippen molar-refractivity contribution in [2.45, 2.75) is 51.7 Å². The van der Waals surface area contributed by atoms with Gasteiger partial charge in [0.1, 0.15) is 0 Å². The number of nitrogens with zero attached hydrogens (tertiary/aromatic N) is 3. The highest BCUT2D eigenvalue weighted by Gasteiger charge is 2.59. The van der Waals surface area contributed by atoms with Gasteiger partial charge in [-0.15, -0.1) is 0 Å². The molecule has 8 heteroatoms.